The number of rotatable bonds is 4. The van der Waals surface area contributed by atoms with Gasteiger partial charge in [0.05, 0.1) is 17.2 Å². The molecule has 0 aliphatic heterocycles. The van der Waals surface area contributed by atoms with Gasteiger partial charge in [0.15, 0.2) is 0 Å². The predicted molar refractivity (Wildman–Crippen MR) is 69.5 cm³/mol. The van der Waals surface area contributed by atoms with Gasteiger partial charge in [0.25, 0.3) is 10.0 Å². The van der Waals surface area contributed by atoms with Crippen LogP contribution in [-0.4, -0.2) is 13.5 Å². The number of hydrogen-bond acceptors (Lipinski definition) is 3. The molecule has 0 aliphatic carbocycles. The van der Waals surface area contributed by atoms with E-state index >= 15 is 0 Å². The van der Waals surface area contributed by atoms with E-state index in [1.165, 1.54) is 24.3 Å². The third-order valence-corrected chi connectivity index (χ3v) is 3.96. The van der Waals surface area contributed by atoms with Crippen LogP contribution in [0.3, 0.4) is 0 Å². The molecule has 0 fully saturated rings. The quantitative estimate of drug-likeness (QED) is 0.910. The third kappa shape index (κ3) is 2.94. The van der Waals surface area contributed by atoms with Crippen molar-refractivity contribution in [1.82, 2.24) is 0 Å². The molecule has 0 amide bonds. The van der Waals surface area contributed by atoms with E-state index in [9.17, 15) is 17.2 Å². The molecule has 7 heteroatoms. The molecular formula is C13H11F2NO3S. The van der Waals surface area contributed by atoms with Crippen LogP contribution in [0.15, 0.2) is 47.4 Å². The highest BCUT2D eigenvalue weighted by Crippen LogP contribution is 2.23. The number of anilines is 1. The van der Waals surface area contributed by atoms with E-state index in [0.717, 1.165) is 18.2 Å². The van der Waals surface area contributed by atoms with E-state index in [-0.39, 0.29) is 16.1 Å². The van der Waals surface area contributed by atoms with Gasteiger partial charge in [-0.25, -0.2) is 17.2 Å². The lowest BCUT2D eigenvalue weighted by atomic mass is 10.2. The van der Waals surface area contributed by atoms with Crippen molar-refractivity contribution >= 4 is 15.7 Å². The standard InChI is InChI=1S/C13H11F2NO3S/c14-10-4-2-5-11(7-10)20(18,19)16-13-9(8-17)3-1-6-12(13)15/h1-7,16-17H,8H2. The first-order valence-corrected chi connectivity index (χ1v) is 7.09. The Bertz CT molecular complexity index is 732. The summed E-state index contributed by atoms with van der Waals surface area (Å²) in [6, 6.07) is 8.13. The number of aliphatic hydroxyl groups is 1. The van der Waals surface area contributed by atoms with Gasteiger partial charge in [0, 0.05) is 5.56 Å². The van der Waals surface area contributed by atoms with E-state index < -0.39 is 28.3 Å². The van der Waals surface area contributed by atoms with Crippen molar-refractivity contribution in [3.05, 3.63) is 59.7 Å². The van der Waals surface area contributed by atoms with Crippen LogP contribution in [-0.2, 0) is 16.6 Å². The molecular weight excluding hydrogens is 288 g/mol. The van der Waals surface area contributed by atoms with Crippen LogP contribution in [0.5, 0.6) is 0 Å². The maximum atomic E-state index is 13.7. The Morgan fingerprint density at radius 3 is 2.45 bits per heavy atom. The Morgan fingerprint density at radius 1 is 1.10 bits per heavy atom. The van der Waals surface area contributed by atoms with Gasteiger partial charge < -0.3 is 5.11 Å². The monoisotopic (exact) mass is 299 g/mol. The fraction of sp³-hybridized carbons (Fsp3) is 0.0769. The van der Waals surface area contributed by atoms with Crippen molar-refractivity contribution in [3.8, 4) is 0 Å². The molecule has 0 aliphatic rings. The summed E-state index contributed by atoms with van der Waals surface area (Å²) in [5, 5.41) is 9.09. The van der Waals surface area contributed by atoms with Crippen molar-refractivity contribution in [1.29, 1.82) is 0 Å². The minimum absolute atomic E-state index is 0.0879. The highest BCUT2D eigenvalue weighted by Gasteiger charge is 2.18. The average molecular weight is 299 g/mol. The maximum absolute atomic E-state index is 13.7. The van der Waals surface area contributed by atoms with Gasteiger partial charge >= 0.3 is 0 Å². The summed E-state index contributed by atoms with van der Waals surface area (Å²) in [7, 11) is -4.13. The molecule has 0 radical (unpaired) electrons. The van der Waals surface area contributed by atoms with Crippen LogP contribution >= 0.6 is 0 Å². The summed E-state index contributed by atoms with van der Waals surface area (Å²) >= 11 is 0. The predicted octanol–water partition coefficient (Wildman–Crippen LogP) is 2.26. The fourth-order valence-corrected chi connectivity index (χ4v) is 2.78. The number of para-hydroxylation sites is 1. The first-order chi connectivity index (χ1) is 9.44. The molecule has 20 heavy (non-hydrogen) atoms. The number of nitrogens with one attached hydrogen (secondary N) is 1. The van der Waals surface area contributed by atoms with Crippen molar-refractivity contribution in [2.75, 3.05) is 4.72 Å². The maximum Gasteiger partial charge on any atom is 0.262 e. The van der Waals surface area contributed by atoms with E-state index in [1.54, 1.807) is 0 Å². The minimum Gasteiger partial charge on any atom is -0.392 e. The molecule has 106 valence electrons. The van der Waals surface area contributed by atoms with Gasteiger partial charge in [-0.05, 0) is 24.3 Å². The van der Waals surface area contributed by atoms with E-state index in [4.69, 9.17) is 5.11 Å². The molecule has 2 N–H and O–H groups in total. The lowest BCUT2D eigenvalue weighted by Gasteiger charge is -2.12. The van der Waals surface area contributed by atoms with Gasteiger partial charge in [-0.15, -0.1) is 0 Å². The second-order valence-corrected chi connectivity index (χ2v) is 5.68. The molecule has 0 atom stereocenters. The number of aliphatic hydroxyl groups excluding tert-OH is 1. The van der Waals surface area contributed by atoms with Crippen LogP contribution in [0.2, 0.25) is 0 Å². The SMILES string of the molecule is O=S(=O)(Nc1c(F)cccc1CO)c1cccc(F)c1. The zero-order valence-electron chi connectivity index (χ0n) is 10.2. The van der Waals surface area contributed by atoms with Crippen LogP contribution in [0, 0.1) is 11.6 Å². The molecule has 2 rings (SSSR count). The van der Waals surface area contributed by atoms with Crippen LogP contribution in [0.1, 0.15) is 5.56 Å². The number of hydrogen-bond donors (Lipinski definition) is 2. The zero-order chi connectivity index (χ0) is 14.8. The van der Waals surface area contributed by atoms with Crippen LogP contribution < -0.4 is 4.72 Å². The lowest BCUT2D eigenvalue weighted by Crippen LogP contribution is -2.15. The molecule has 0 saturated carbocycles. The van der Waals surface area contributed by atoms with Gasteiger partial charge in [-0.2, -0.15) is 0 Å². The number of halogens is 2. The molecule has 0 spiro atoms. The van der Waals surface area contributed by atoms with Gasteiger partial charge in [-0.3, -0.25) is 4.72 Å². The van der Waals surface area contributed by atoms with E-state index in [2.05, 4.69) is 0 Å². The molecule has 0 heterocycles. The van der Waals surface area contributed by atoms with Gasteiger partial charge in [-0.1, -0.05) is 18.2 Å². The molecule has 2 aromatic rings. The van der Waals surface area contributed by atoms with Crippen molar-refractivity contribution in [3.63, 3.8) is 0 Å². The number of sulfonamides is 1. The first kappa shape index (κ1) is 14.4. The third-order valence-electron chi connectivity index (χ3n) is 2.61. The van der Waals surface area contributed by atoms with Crippen molar-refractivity contribution < 1.29 is 22.3 Å². The summed E-state index contributed by atoms with van der Waals surface area (Å²) in [6.45, 7) is -0.529. The molecule has 0 aromatic heterocycles. The summed E-state index contributed by atoms with van der Waals surface area (Å²) < 4.78 is 52.8. The summed E-state index contributed by atoms with van der Waals surface area (Å²) in [5.41, 5.74) is -0.260. The molecule has 0 unspecified atom stereocenters. The Morgan fingerprint density at radius 2 is 1.80 bits per heavy atom. The van der Waals surface area contributed by atoms with Crippen LogP contribution in [0.25, 0.3) is 0 Å². The molecule has 0 bridgehead atoms. The van der Waals surface area contributed by atoms with Gasteiger partial charge in [0.2, 0.25) is 0 Å². The van der Waals surface area contributed by atoms with E-state index in [1.807, 2.05) is 4.72 Å². The average Bonchev–Trinajstić information content (AvgIpc) is 2.41. The Balaban J connectivity index is 2.44. The topological polar surface area (TPSA) is 66.4 Å². The summed E-state index contributed by atoms with van der Waals surface area (Å²) in [5.74, 6) is -1.54. The Hall–Kier alpha value is -1.99. The summed E-state index contributed by atoms with van der Waals surface area (Å²) in [4.78, 5) is -0.329. The van der Waals surface area contributed by atoms with Crippen molar-refractivity contribution in [2.24, 2.45) is 0 Å². The fourth-order valence-electron chi connectivity index (χ4n) is 1.64. The first-order valence-electron chi connectivity index (χ1n) is 5.60. The second-order valence-electron chi connectivity index (χ2n) is 3.99. The van der Waals surface area contributed by atoms with E-state index in [0.29, 0.717) is 0 Å². The highest BCUT2D eigenvalue weighted by atomic mass is 32.2. The number of benzene rings is 2. The van der Waals surface area contributed by atoms with Crippen LogP contribution in [0.4, 0.5) is 14.5 Å². The minimum atomic E-state index is -4.13. The smallest absolute Gasteiger partial charge is 0.262 e. The van der Waals surface area contributed by atoms with Crippen molar-refractivity contribution in [2.45, 2.75) is 11.5 Å². The zero-order valence-corrected chi connectivity index (χ0v) is 11.0. The summed E-state index contributed by atoms with van der Waals surface area (Å²) in [6.07, 6.45) is 0. The lowest BCUT2D eigenvalue weighted by molar-refractivity contribution is 0.282. The second kappa shape index (κ2) is 5.56. The molecule has 2 aromatic carbocycles. The highest BCUT2D eigenvalue weighted by molar-refractivity contribution is 7.92. The normalized spacial score (nSPS) is 11.3. The largest absolute Gasteiger partial charge is 0.392 e. The Kier molecular flexibility index (Phi) is 4.01. The molecule has 0 saturated heterocycles. The molecule has 4 nitrogen and oxygen atoms in total. The van der Waals surface area contributed by atoms with Gasteiger partial charge in [0.1, 0.15) is 11.6 Å². The Labute approximate surface area is 114 Å².